The number of rotatable bonds is 7. The highest BCUT2D eigenvalue weighted by Gasteiger charge is 2.29. The third-order valence-electron chi connectivity index (χ3n) is 2.42. The lowest BCUT2D eigenvalue weighted by atomic mass is 10.5. The summed E-state index contributed by atoms with van der Waals surface area (Å²) < 4.78 is 35.5. The third-order valence-corrected chi connectivity index (χ3v) is 5.62. The molecule has 0 unspecified atom stereocenters. The minimum absolute atomic E-state index is 0.0279. The molecule has 0 aromatic carbocycles. The van der Waals surface area contributed by atoms with Gasteiger partial charge in [0.05, 0.1) is 25.3 Å². The Balaban J connectivity index is 2.88. The minimum Gasteiger partial charge on any atom is -0.464 e. The fraction of sp³-hybridized carbons (Fsp3) is 0.636. The molecule has 0 radical (unpaired) electrons. The number of methoxy groups -OCH3 is 1. The first-order valence-electron chi connectivity index (χ1n) is 5.90. The maximum Gasteiger partial charge on any atom is 0.358 e. The van der Waals surface area contributed by atoms with Crippen LogP contribution in [0.4, 0.5) is 0 Å². The number of carbonyl (C=O) groups is 1. The molecule has 1 heterocycles. The largest absolute Gasteiger partial charge is 0.464 e. The van der Waals surface area contributed by atoms with Crippen molar-refractivity contribution < 1.29 is 22.7 Å². The molecule has 0 N–H and O–H groups in total. The van der Waals surface area contributed by atoms with Gasteiger partial charge in [0.25, 0.3) is 10.0 Å². The van der Waals surface area contributed by atoms with E-state index in [2.05, 4.69) is 9.72 Å². The van der Waals surface area contributed by atoms with Crippen molar-refractivity contribution in [3.05, 3.63) is 11.2 Å². The molecule has 7 nitrogen and oxygen atoms in total. The van der Waals surface area contributed by atoms with Crippen molar-refractivity contribution in [2.24, 2.45) is 0 Å². The van der Waals surface area contributed by atoms with Gasteiger partial charge in [-0.05, 0) is 13.8 Å². The first-order valence-corrected chi connectivity index (χ1v) is 8.22. The lowest BCUT2D eigenvalue weighted by Crippen LogP contribution is -2.31. The second-order valence-electron chi connectivity index (χ2n) is 4.23. The highest BCUT2D eigenvalue weighted by Crippen LogP contribution is 2.23. The second-order valence-corrected chi connectivity index (χ2v) is 7.32. The number of hydrogen-bond acceptors (Lipinski definition) is 7. The van der Waals surface area contributed by atoms with Crippen molar-refractivity contribution in [3.8, 4) is 0 Å². The fourth-order valence-electron chi connectivity index (χ4n) is 1.33. The van der Waals surface area contributed by atoms with Crippen LogP contribution in [0.1, 0.15) is 24.3 Å². The number of sulfonamides is 1. The molecule has 0 saturated carbocycles. The van der Waals surface area contributed by atoms with E-state index in [1.54, 1.807) is 0 Å². The first-order chi connectivity index (χ1) is 9.30. The van der Waals surface area contributed by atoms with E-state index in [9.17, 15) is 13.2 Å². The normalized spacial score (nSPS) is 12.1. The average molecular weight is 322 g/mol. The summed E-state index contributed by atoms with van der Waals surface area (Å²) in [7, 11) is -1.16. The summed E-state index contributed by atoms with van der Waals surface area (Å²) in [6, 6.07) is 0. The van der Waals surface area contributed by atoms with Crippen molar-refractivity contribution >= 4 is 27.3 Å². The van der Waals surface area contributed by atoms with E-state index in [1.165, 1.54) is 19.7 Å². The number of likely N-dealkylation sites (N-methyl/N-ethyl adjacent to an activating group) is 1. The SMILES string of the molecule is COC(=O)c1ncsc1S(=O)(=O)N(C)CCOC(C)C. The number of carbonyl (C=O) groups excluding carboxylic acids is 1. The maximum atomic E-state index is 12.3. The molecule has 20 heavy (non-hydrogen) atoms. The highest BCUT2D eigenvalue weighted by atomic mass is 32.2. The van der Waals surface area contributed by atoms with Crippen molar-refractivity contribution in [2.45, 2.75) is 24.2 Å². The molecule has 9 heteroatoms. The summed E-state index contributed by atoms with van der Waals surface area (Å²) in [6.07, 6.45) is 0.0279. The molecule has 0 aliphatic rings. The van der Waals surface area contributed by atoms with E-state index >= 15 is 0 Å². The zero-order valence-corrected chi connectivity index (χ0v) is 13.5. The van der Waals surface area contributed by atoms with Gasteiger partial charge in [-0.1, -0.05) is 0 Å². The number of hydrogen-bond donors (Lipinski definition) is 0. The number of aromatic nitrogens is 1. The van der Waals surface area contributed by atoms with E-state index in [0.29, 0.717) is 0 Å². The van der Waals surface area contributed by atoms with Crippen LogP contribution in [-0.2, 0) is 19.5 Å². The molecule has 0 amide bonds. The Bertz CT molecular complexity index is 553. The predicted molar refractivity (Wildman–Crippen MR) is 74.4 cm³/mol. The fourth-order valence-corrected chi connectivity index (χ4v) is 3.81. The van der Waals surface area contributed by atoms with Crippen LogP contribution in [-0.4, -0.2) is 57.1 Å². The third kappa shape index (κ3) is 3.98. The Kier molecular flexibility index (Phi) is 6.06. The van der Waals surface area contributed by atoms with Gasteiger partial charge in [0.1, 0.15) is 0 Å². The van der Waals surface area contributed by atoms with Gasteiger partial charge in [0.2, 0.25) is 0 Å². The van der Waals surface area contributed by atoms with Crippen LogP contribution in [0.3, 0.4) is 0 Å². The summed E-state index contributed by atoms with van der Waals surface area (Å²) >= 11 is 0.886. The summed E-state index contributed by atoms with van der Waals surface area (Å²) in [6.45, 7) is 4.21. The molecule has 0 fully saturated rings. The molecule has 0 aliphatic heterocycles. The lowest BCUT2D eigenvalue weighted by molar-refractivity contribution is 0.0590. The maximum absolute atomic E-state index is 12.3. The zero-order valence-electron chi connectivity index (χ0n) is 11.8. The van der Waals surface area contributed by atoms with Gasteiger partial charge in [-0.15, -0.1) is 11.3 Å². The highest BCUT2D eigenvalue weighted by molar-refractivity contribution is 7.91. The van der Waals surface area contributed by atoms with E-state index in [4.69, 9.17) is 4.74 Å². The predicted octanol–water partition coefficient (Wildman–Crippen LogP) is 0.975. The van der Waals surface area contributed by atoms with Crippen LogP contribution in [0, 0.1) is 0 Å². The Labute approximate surface area is 122 Å². The van der Waals surface area contributed by atoms with Crippen LogP contribution in [0.15, 0.2) is 9.72 Å². The Morgan fingerprint density at radius 2 is 2.15 bits per heavy atom. The molecule has 1 aromatic rings. The second kappa shape index (κ2) is 7.11. The van der Waals surface area contributed by atoms with Crippen molar-refractivity contribution in [2.75, 3.05) is 27.3 Å². The topological polar surface area (TPSA) is 85.8 Å². The molecule has 1 rings (SSSR count). The molecule has 0 saturated heterocycles. The van der Waals surface area contributed by atoms with Gasteiger partial charge in [-0.2, -0.15) is 4.31 Å². The van der Waals surface area contributed by atoms with Crippen LogP contribution >= 0.6 is 11.3 Å². The standard InChI is InChI=1S/C11H18N2O5S2/c1-8(2)18-6-5-13(3)20(15,16)11-9(10(14)17-4)12-7-19-11/h7-8H,5-6H2,1-4H3. The molecular formula is C11H18N2O5S2. The monoisotopic (exact) mass is 322 g/mol. The summed E-state index contributed by atoms with van der Waals surface area (Å²) in [4.78, 5) is 15.2. The van der Waals surface area contributed by atoms with Crippen LogP contribution < -0.4 is 0 Å². The molecule has 0 aliphatic carbocycles. The summed E-state index contributed by atoms with van der Waals surface area (Å²) in [5.74, 6) is -0.767. The number of nitrogens with zero attached hydrogens (tertiary/aromatic N) is 2. The van der Waals surface area contributed by atoms with E-state index in [1.807, 2.05) is 13.8 Å². The molecule has 114 valence electrons. The van der Waals surface area contributed by atoms with Crippen molar-refractivity contribution in [1.29, 1.82) is 0 Å². The van der Waals surface area contributed by atoms with Gasteiger partial charge < -0.3 is 9.47 Å². The first kappa shape index (κ1) is 17.0. The zero-order chi connectivity index (χ0) is 15.3. The number of esters is 1. The van der Waals surface area contributed by atoms with Crippen LogP contribution in [0.2, 0.25) is 0 Å². The van der Waals surface area contributed by atoms with Crippen molar-refractivity contribution in [3.63, 3.8) is 0 Å². The van der Waals surface area contributed by atoms with Gasteiger partial charge in [-0.3, -0.25) is 0 Å². The molecule has 0 bridgehead atoms. The van der Waals surface area contributed by atoms with E-state index in [0.717, 1.165) is 15.6 Å². The molecule has 0 atom stereocenters. The summed E-state index contributed by atoms with van der Waals surface area (Å²) in [5, 5.41) is 0. The smallest absolute Gasteiger partial charge is 0.358 e. The van der Waals surface area contributed by atoms with E-state index < -0.39 is 16.0 Å². The molecular weight excluding hydrogens is 304 g/mol. The van der Waals surface area contributed by atoms with Gasteiger partial charge in [0, 0.05) is 13.6 Å². The average Bonchev–Trinajstić information content (AvgIpc) is 2.87. The van der Waals surface area contributed by atoms with Gasteiger partial charge in [0.15, 0.2) is 9.90 Å². The van der Waals surface area contributed by atoms with Gasteiger partial charge in [-0.25, -0.2) is 18.2 Å². The van der Waals surface area contributed by atoms with Crippen LogP contribution in [0.25, 0.3) is 0 Å². The van der Waals surface area contributed by atoms with Gasteiger partial charge >= 0.3 is 5.97 Å². The molecule has 0 spiro atoms. The Hall–Kier alpha value is -1.03. The van der Waals surface area contributed by atoms with Crippen LogP contribution in [0.5, 0.6) is 0 Å². The minimum atomic E-state index is -3.77. The lowest BCUT2D eigenvalue weighted by Gasteiger charge is -2.17. The molecule has 1 aromatic heterocycles. The number of thiazole rings is 1. The quantitative estimate of drug-likeness (QED) is 0.696. The Morgan fingerprint density at radius 3 is 2.70 bits per heavy atom. The summed E-state index contributed by atoms with van der Waals surface area (Å²) in [5.41, 5.74) is 1.12. The van der Waals surface area contributed by atoms with Crippen molar-refractivity contribution in [1.82, 2.24) is 9.29 Å². The Morgan fingerprint density at radius 1 is 1.50 bits per heavy atom. The number of ether oxygens (including phenoxy) is 2. The van der Waals surface area contributed by atoms with E-state index in [-0.39, 0.29) is 29.2 Å².